The van der Waals surface area contributed by atoms with E-state index < -0.39 is 10.8 Å². The van der Waals surface area contributed by atoms with Gasteiger partial charge in [0, 0.05) is 15.1 Å². The standard InChI is InChI=1S/C14H14OS2.C2H6/c1-9-4-6-13-12(7-9)16-11-5-3-10(2)8-14(11)17(13)15;1-2/h3-4,6-8,11H,5H2,1-2H3;1-2H3. The first-order valence-electron chi connectivity index (χ1n) is 6.72. The molecule has 0 spiro atoms. The molecule has 0 radical (unpaired) electrons. The fourth-order valence-corrected chi connectivity index (χ4v) is 5.42. The van der Waals surface area contributed by atoms with Crippen LogP contribution < -0.4 is 0 Å². The first-order valence-corrected chi connectivity index (χ1v) is 8.75. The van der Waals surface area contributed by atoms with E-state index in [1.807, 2.05) is 37.7 Å². The van der Waals surface area contributed by atoms with Crippen molar-refractivity contribution in [3.63, 3.8) is 0 Å². The Bertz CT molecular complexity index is 570. The van der Waals surface area contributed by atoms with Crippen molar-refractivity contribution in [2.75, 3.05) is 0 Å². The smallest absolute Gasteiger partial charge is 0.0831 e. The third-order valence-electron chi connectivity index (χ3n) is 3.12. The normalized spacial score (nSPS) is 24.2. The number of thioether (sulfide) groups is 1. The molecular formula is C16H20OS2. The molecule has 1 aromatic carbocycles. The third kappa shape index (κ3) is 2.87. The molecule has 3 rings (SSSR count). The van der Waals surface area contributed by atoms with Crippen molar-refractivity contribution >= 4 is 22.6 Å². The fourth-order valence-electron chi connectivity index (χ4n) is 2.21. The Morgan fingerprint density at radius 3 is 2.74 bits per heavy atom. The van der Waals surface area contributed by atoms with Gasteiger partial charge in [-0.1, -0.05) is 31.6 Å². The molecule has 0 amide bonds. The van der Waals surface area contributed by atoms with E-state index in [2.05, 4.69) is 32.1 Å². The van der Waals surface area contributed by atoms with Gasteiger partial charge in [0.25, 0.3) is 0 Å². The molecule has 1 aromatic rings. The van der Waals surface area contributed by atoms with E-state index in [0.29, 0.717) is 5.25 Å². The Kier molecular flexibility index (Phi) is 4.69. The molecule has 1 nitrogen and oxygen atoms in total. The Morgan fingerprint density at radius 2 is 2.00 bits per heavy atom. The highest BCUT2D eigenvalue weighted by atomic mass is 32.2. The maximum Gasteiger partial charge on any atom is 0.0831 e. The lowest BCUT2D eigenvalue weighted by Crippen LogP contribution is -2.19. The number of rotatable bonds is 0. The number of allylic oxidation sites excluding steroid dienone is 3. The molecule has 0 bridgehead atoms. The molecule has 1 aliphatic heterocycles. The fraction of sp³-hybridized carbons (Fsp3) is 0.375. The molecule has 0 saturated heterocycles. The zero-order valence-corrected chi connectivity index (χ0v) is 13.5. The van der Waals surface area contributed by atoms with E-state index in [4.69, 9.17) is 0 Å². The van der Waals surface area contributed by atoms with Crippen molar-refractivity contribution in [1.82, 2.24) is 0 Å². The number of hydrogen-bond acceptors (Lipinski definition) is 2. The average Bonchev–Trinajstić information content (AvgIpc) is 2.42. The molecule has 1 heterocycles. The van der Waals surface area contributed by atoms with Gasteiger partial charge in [-0.2, -0.15) is 0 Å². The van der Waals surface area contributed by atoms with Gasteiger partial charge in [-0.15, -0.1) is 11.8 Å². The molecular weight excluding hydrogens is 272 g/mol. The number of aryl methyl sites for hydroxylation is 1. The van der Waals surface area contributed by atoms with Crippen LogP contribution >= 0.6 is 11.8 Å². The van der Waals surface area contributed by atoms with E-state index in [1.54, 1.807) is 0 Å². The van der Waals surface area contributed by atoms with Gasteiger partial charge in [-0.3, -0.25) is 0 Å². The predicted octanol–water partition coefficient (Wildman–Crippen LogP) is 4.84. The Morgan fingerprint density at radius 1 is 1.26 bits per heavy atom. The maximum atomic E-state index is 12.5. The van der Waals surface area contributed by atoms with Gasteiger partial charge < -0.3 is 0 Å². The second kappa shape index (κ2) is 6.10. The minimum Gasteiger partial charge on any atom is -0.249 e. The van der Waals surface area contributed by atoms with Crippen molar-refractivity contribution in [3.8, 4) is 0 Å². The van der Waals surface area contributed by atoms with Gasteiger partial charge in [0.2, 0.25) is 0 Å². The van der Waals surface area contributed by atoms with E-state index >= 15 is 0 Å². The molecule has 19 heavy (non-hydrogen) atoms. The Labute approximate surface area is 122 Å². The Hall–Kier alpha value is -0.800. The number of fused-ring (bicyclic) bond motifs is 2. The third-order valence-corrected chi connectivity index (χ3v) is 6.31. The summed E-state index contributed by atoms with van der Waals surface area (Å²) in [5.41, 5.74) is 2.48. The summed E-state index contributed by atoms with van der Waals surface area (Å²) in [7, 11) is -0.961. The number of benzene rings is 1. The quantitative estimate of drug-likeness (QED) is 0.681. The lowest BCUT2D eigenvalue weighted by Gasteiger charge is -2.28. The molecule has 0 saturated carbocycles. The minimum absolute atomic E-state index is 0.369. The van der Waals surface area contributed by atoms with Gasteiger partial charge in [0.1, 0.15) is 0 Å². The van der Waals surface area contributed by atoms with E-state index in [-0.39, 0.29) is 0 Å². The predicted molar refractivity (Wildman–Crippen MR) is 85.0 cm³/mol. The second-order valence-corrected chi connectivity index (χ2v) is 7.25. The van der Waals surface area contributed by atoms with Crippen LogP contribution in [0, 0.1) is 6.92 Å². The molecule has 0 aromatic heterocycles. The molecule has 0 N–H and O–H groups in total. The van der Waals surface area contributed by atoms with Crippen LogP contribution in [0.1, 0.15) is 32.8 Å². The zero-order valence-electron chi connectivity index (χ0n) is 11.9. The van der Waals surface area contributed by atoms with Crippen molar-refractivity contribution in [1.29, 1.82) is 0 Å². The van der Waals surface area contributed by atoms with Crippen molar-refractivity contribution in [2.24, 2.45) is 0 Å². The molecule has 1 aliphatic carbocycles. The second-order valence-electron chi connectivity index (χ2n) is 4.56. The molecule has 2 atom stereocenters. The summed E-state index contributed by atoms with van der Waals surface area (Å²) in [5, 5.41) is 0.369. The van der Waals surface area contributed by atoms with Gasteiger partial charge >= 0.3 is 0 Å². The summed E-state index contributed by atoms with van der Waals surface area (Å²) in [6.07, 6.45) is 5.33. The molecule has 102 valence electrons. The zero-order chi connectivity index (χ0) is 14.0. The monoisotopic (exact) mass is 292 g/mol. The van der Waals surface area contributed by atoms with Crippen LogP contribution in [-0.2, 0) is 10.8 Å². The van der Waals surface area contributed by atoms with Crippen LogP contribution in [-0.4, -0.2) is 9.46 Å². The van der Waals surface area contributed by atoms with E-state index in [0.717, 1.165) is 16.2 Å². The summed E-state index contributed by atoms with van der Waals surface area (Å²) >= 11 is 1.85. The molecule has 3 heteroatoms. The number of hydrogen-bond donors (Lipinski definition) is 0. The first-order chi connectivity index (χ1) is 9.15. The largest absolute Gasteiger partial charge is 0.249 e. The van der Waals surface area contributed by atoms with E-state index in [9.17, 15) is 4.21 Å². The summed E-state index contributed by atoms with van der Waals surface area (Å²) < 4.78 is 12.5. The Balaban J connectivity index is 0.000000637. The van der Waals surface area contributed by atoms with Gasteiger partial charge in [-0.25, -0.2) is 4.21 Å². The average molecular weight is 292 g/mol. The van der Waals surface area contributed by atoms with Crippen LogP contribution in [0.25, 0.3) is 0 Å². The maximum absolute atomic E-state index is 12.5. The van der Waals surface area contributed by atoms with Gasteiger partial charge in [0.05, 0.1) is 15.7 Å². The lowest BCUT2D eigenvalue weighted by atomic mass is 10.1. The van der Waals surface area contributed by atoms with Crippen molar-refractivity contribution in [2.45, 2.75) is 49.2 Å². The van der Waals surface area contributed by atoms with Crippen molar-refractivity contribution < 1.29 is 4.21 Å². The minimum atomic E-state index is -0.961. The first kappa shape index (κ1) is 14.6. The summed E-state index contributed by atoms with van der Waals surface area (Å²) in [5.74, 6) is 0. The molecule has 2 unspecified atom stereocenters. The SMILES string of the molecule is CC.CC1=CCC2Sc3cc(C)ccc3S(=O)C2=C1. The van der Waals surface area contributed by atoms with Crippen LogP contribution in [0.5, 0.6) is 0 Å². The highest BCUT2D eigenvalue weighted by Gasteiger charge is 2.30. The van der Waals surface area contributed by atoms with Crippen LogP contribution in [0.4, 0.5) is 0 Å². The van der Waals surface area contributed by atoms with E-state index in [1.165, 1.54) is 16.0 Å². The molecule has 0 fully saturated rings. The summed E-state index contributed by atoms with van der Waals surface area (Å²) in [6.45, 7) is 8.16. The molecule has 2 aliphatic rings. The highest BCUT2D eigenvalue weighted by molar-refractivity contribution is 8.03. The van der Waals surface area contributed by atoms with Gasteiger partial charge in [0.15, 0.2) is 0 Å². The summed E-state index contributed by atoms with van der Waals surface area (Å²) in [4.78, 5) is 3.27. The van der Waals surface area contributed by atoms with Gasteiger partial charge in [-0.05, 0) is 44.0 Å². The lowest BCUT2D eigenvalue weighted by molar-refractivity contribution is 0.682. The topological polar surface area (TPSA) is 17.1 Å². The summed E-state index contributed by atoms with van der Waals surface area (Å²) in [6, 6.07) is 6.21. The van der Waals surface area contributed by atoms with Crippen LogP contribution in [0.15, 0.2) is 50.6 Å². The van der Waals surface area contributed by atoms with Crippen LogP contribution in [0.3, 0.4) is 0 Å². The highest BCUT2D eigenvalue weighted by Crippen LogP contribution is 2.44. The van der Waals surface area contributed by atoms with Crippen molar-refractivity contribution in [3.05, 3.63) is 46.4 Å². The van der Waals surface area contributed by atoms with Crippen LogP contribution in [0.2, 0.25) is 0 Å².